The van der Waals surface area contributed by atoms with Gasteiger partial charge in [0.1, 0.15) is 5.69 Å². The van der Waals surface area contributed by atoms with Gasteiger partial charge in [0.25, 0.3) is 11.2 Å². The molecule has 0 spiro atoms. The summed E-state index contributed by atoms with van der Waals surface area (Å²) in [5, 5.41) is 13.3. The minimum atomic E-state index is -0.525. The minimum Gasteiger partial charge on any atom is -0.298 e. The summed E-state index contributed by atoms with van der Waals surface area (Å²) in [7, 11) is 0. The molecule has 0 unspecified atom stereocenters. The molecule has 1 N–H and O–H groups in total. The number of nitro benzene ring substituents is 1. The molecule has 0 saturated heterocycles. The van der Waals surface area contributed by atoms with Gasteiger partial charge in [-0.2, -0.15) is 0 Å². The number of hydrogen-bond acceptors (Lipinski definition) is 3. The molecular formula is C9H7N3O3. The molecule has 1 aromatic heterocycles. The first-order valence-corrected chi connectivity index (χ1v) is 4.20. The summed E-state index contributed by atoms with van der Waals surface area (Å²) in [6, 6.07) is 7.35. The second-order valence-corrected chi connectivity index (χ2v) is 2.88. The van der Waals surface area contributed by atoms with Gasteiger partial charge in [0.2, 0.25) is 0 Å². The van der Waals surface area contributed by atoms with Gasteiger partial charge in [-0.05, 0) is 6.07 Å². The average Bonchev–Trinajstić information content (AvgIpc) is 2.64. The van der Waals surface area contributed by atoms with Crippen LogP contribution in [-0.2, 0) is 0 Å². The van der Waals surface area contributed by atoms with Crippen molar-refractivity contribution in [2.75, 3.05) is 0 Å². The van der Waals surface area contributed by atoms with Gasteiger partial charge in [-0.15, -0.1) is 0 Å². The van der Waals surface area contributed by atoms with E-state index in [2.05, 4.69) is 5.10 Å². The van der Waals surface area contributed by atoms with Crippen LogP contribution in [-0.4, -0.2) is 14.7 Å². The largest absolute Gasteiger partial charge is 0.298 e. The molecular weight excluding hydrogens is 198 g/mol. The molecule has 0 aliphatic rings. The van der Waals surface area contributed by atoms with Gasteiger partial charge in [-0.3, -0.25) is 20.0 Å². The molecule has 2 rings (SSSR count). The van der Waals surface area contributed by atoms with E-state index in [4.69, 9.17) is 0 Å². The molecule has 6 nitrogen and oxygen atoms in total. The molecule has 0 aliphatic carbocycles. The number of H-pyrrole nitrogens is 1. The van der Waals surface area contributed by atoms with E-state index in [-0.39, 0.29) is 16.9 Å². The van der Waals surface area contributed by atoms with E-state index < -0.39 is 4.92 Å². The Morgan fingerprint density at radius 1 is 1.27 bits per heavy atom. The van der Waals surface area contributed by atoms with Gasteiger partial charge in [0.15, 0.2) is 0 Å². The molecule has 1 heterocycles. The van der Waals surface area contributed by atoms with Crippen LogP contribution in [0.1, 0.15) is 0 Å². The van der Waals surface area contributed by atoms with Crippen molar-refractivity contribution in [1.29, 1.82) is 0 Å². The second-order valence-electron chi connectivity index (χ2n) is 2.88. The number of rotatable bonds is 2. The zero-order valence-corrected chi connectivity index (χ0v) is 7.58. The van der Waals surface area contributed by atoms with Gasteiger partial charge < -0.3 is 0 Å². The lowest BCUT2D eigenvalue weighted by atomic mass is 10.3. The number of aromatic amines is 1. The zero-order valence-electron chi connectivity index (χ0n) is 7.58. The van der Waals surface area contributed by atoms with E-state index in [1.165, 1.54) is 24.4 Å². The first-order valence-electron chi connectivity index (χ1n) is 4.20. The number of nitrogens with one attached hydrogen (secondary N) is 1. The first-order chi connectivity index (χ1) is 7.20. The summed E-state index contributed by atoms with van der Waals surface area (Å²) >= 11 is 0. The van der Waals surface area contributed by atoms with Crippen LogP contribution in [0.4, 0.5) is 5.69 Å². The molecule has 0 atom stereocenters. The highest BCUT2D eigenvalue weighted by Gasteiger charge is 2.14. The highest BCUT2D eigenvalue weighted by molar-refractivity contribution is 5.51. The summed E-state index contributed by atoms with van der Waals surface area (Å²) in [5.41, 5.74) is -0.205. The molecule has 15 heavy (non-hydrogen) atoms. The Kier molecular flexibility index (Phi) is 2.09. The molecule has 0 radical (unpaired) electrons. The van der Waals surface area contributed by atoms with Crippen LogP contribution in [0.15, 0.2) is 41.3 Å². The highest BCUT2D eigenvalue weighted by atomic mass is 16.6. The summed E-state index contributed by atoms with van der Waals surface area (Å²) in [6.07, 6.45) is 1.43. The molecule has 2 aromatic rings. The third kappa shape index (κ3) is 1.52. The van der Waals surface area contributed by atoms with Crippen LogP contribution in [0, 0.1) is 10.1 Å². The van der Waals surface area contributed by atoms with E-state index in [1.54, 1.807) is 12.1 Å². The molecule has 0 amide bonds. The zero-order chi connectivity index (χ0) is 10.8. The molecule has 0 aliphatic heterocycles. The Balaban J connectivity index is 2.68. The van der Waals surface area contributed by atoms with Gasteiger partial charge in [-0.1, -0.05) is 12.1 Å². The third-order valence-corrected chi connectivity index (χ3v) is 1.97. The van der Waals surface area contributed by atoms with Crippen molar-refractivity contribution < 1.29 is 4.92 Å². The van der Waals surface area contributed by atoms with Crippen molar-refractivity contribution in [2.24, 2.45) is 0 Å². The fourth-order valence-electron chi connectivity index (χ4n) is 1.32. The number of para-hydroxylation sites is 2. The second kappa shape index (κ2) is 3.41. The Hall–Kier alpha value is -2.37. The number of hydrogen-bond donors (Lipinski definition) is 1. The average molecular weight is 205 g/mol. The van der Waals surface area contributed by atoms with Gasteiger partial charge in [0.05, 0.1) is 4.92 Å². The smallest absolute Gasteiger partial charge is 0.294 e. The summed E-state index contributed by atoms with van der Waals surface area (Å²) in [5.74, 6) is 0. The lowest BCUT2D eigenvalue weighted by Crippen LogP contribution is -2.14. The van der Waals surface area contributed by atoms with Gasteiger partial charge in [-0.25, -0.2) is 4.68 Å². The fraction of sp³-hybridized carbons (Fsp3) is 0. The standard InChI is InChI=1S/C9H7N3O3/c13-9-5-6-10-11(9)7-3-1-2-4-8(7)12(14)15/h1-6,10H. The lowest BCUT2D eigenvalue weighted by Gasteiger charge is -2.01. The van der Waals surface area contributed by atoms with Crippen molar-refractivity contribution in [1.82, 2.24) is 9.78 Å². The molecule has 0 saturated carbocycles. The molecule has 76 valence electrons. The highest BCUT2D eigenvalue weighted by Crippen LogP contribution is 2.19. The maximum atomic E-state index is 11.3. The summed E-state index contributed by atoms with van der Waals surface area (Å²) in [6.45, 7) is 0. The van der Waals surface area contributed by atoms with E-state index in [1.807, 2.05) is 0 Å². The van der Waals surface area contributed by atoms with Crippen molar-refractivity contribution in [3.05, 3.63) is 57.0 Å². The van der Waals surface area contributed by atoms with E-state index >= 15 is 0 Å². The predicted octanol–water partition coefficient (Wildman–Crippen LogP) is 1.07. The first kappa shape index (κ1) is 9.20. The lowest BCUT2D eigenvalue weighted by molar-refractivity contribution is -0.384. The summed E-state index contributed by atoms with van der Waals surface area (Å²) < 4.78 is 1.12. The maximum Gasteiger partial charge on any atom is 0.294 e. The van der Waals surface area contributed by atoms with Crippen molar-refractivity contribution >= 4 is 5.69 Å². The van der Waals surface area contributed by atoms with E-state index in [9.17, 15) is 14.9 Å². The number of aromatic nitrogens is 2. The van der Waals surface area contributed by atoms with Crippen LogP contribution >= 0.6 is 0 Å². The fourth-order valence-corrected chi connectivity index (χ4v) is 1.32. The Morgan fingerprint density at radius 3 is 2.60 bits per heavy atom. The third-order valence-electron chi connectivity index (χ3n) is 1.97. The predicted molar refractivity (Wildman–Crippen MR) is 53.0 cm³/mol. The SMILES string of the molecule is O=c1cc[nH]n1-c1ccccc1[N+](=O)[O-]. The van der Waals surface area contributed by atoms with Crippen molar-refractivity contribution in [3.63, 3.8) is 0 Å². The Morgan fingerprint density at radius 2 is 2.00 bits per heavy atom. The molecule has 1 aromatic carbocycles. The van der Waals surface area contributed by atoms with Gasteiger partial charge in [0, 0.05) is 18.3 Å². The van der Waals surface area contributed by atoms with E-state index in [0.717, 1.165) is 4.68 Å². The molecule has 0 bridgehead atoms. The minimum absolute atomic E-state index is 0.109. The number of nitro groups is 1. The van der Waals surface area contributed by atoms with Crippen LogP contribution in [0.3, 0.4) is 0 Å². The van der Waals surface area contributed by atoms with E-state index in [0.29, 0.717) is 0 Å². The number of benzene rings is 1. The van der Waals surface area contributed by atoms with Crippen molar-refractivity contribution in [2.45, 2.75) is 0 Å². The number of nitrogens with zero attached hydrogens (tertiary/aromatic N) is 2. The quantitative estimate of drug-likeness (QED) is 0.588. The normalized spacial score (nSPS) is 10.1. The molecule has 6 heteroatoms. The Labute approximate surface area is 83.9 Å². The molecule has 0 fully saturated rings. The monoisotopic (exact) mass is 205 g/mol. The maximum absolute atomic E-state index is 11.3. The van der Waals surface area contributed by atoms with Crippen LogP contribution in [0.5, 0.6) is 0 Å². The van der Waals surface area contributed by atoms with Crippen LogP contribution in [0.2, 0.25) is 0 Å². The van der Waals surface area contributed by atoms with Crippen LogP contribution in [0.25, 0.3) is 5.69 Å². The topological polar surface area (TPSA) is 80.9 Å². The summed E-state index contributed by atoms with van der Waals surface area (Å²) in [4.78, 5) is 21.5. The van der Waals surface area contributed by atoms with Crippen molar-refractivity contribution in [3.8, 4) is 5.69 Å². The Bertz CT molecular complexity index is 555. The van der Waals surface area contributed by atoms with Gasteiger partial charge >= 0.3 is 0 Å². The van der Waals surface area contributed by atoms with Crippen LogP contribution < -0.4 is 5.56 Å².